The lowest BCUT2D eigenvalue weighted by Crippen LogP contribution is -2.35. The van der Waals surface area contributed by atoms with E-state index < -0.39 is 11.4 Å². The molecule has 0 fully saturated rings. The highest BCUT2D eigenvalue weighted by Crippen LogP contribution is 2.38. The van der Waals surface area contributed by atoms with Gasteiger partial charge in [0.1, 0.15) is 0 Å². The molecule has 0 radical (unpaired) electrons. The monoisotopic (exact) mass is 241 g/mol. The standard InChI is InChI=1S/C12H16ClNO2/c1-12(2,11(15)16)9(7-14)8-5-3-4-6-10(8)13/h3-6,9H,7,14H2,1-2H3,(H,15,16). The molecule has 1 aromatic carbocycles. The molecule has 1 atom stereocenters. The lowest BCUT2D eigenvalue weighted by Gasteiger charge is -2.30. The number of rotatable bonds is 4. The summed E-state index contributed by atoms with van der Waals surface area (Å²) in [4.78, 5) is 11.2. The van der Waals surface area contributed by atoms with Gasteiger partial charge in [0.05, 0.1) is 5.41 Å². The zero-order valence-electron chi connectivity index (χ0n) is 9.40. The highest BCUT2D eigenvalue weighted by Gasteiger charge is 2.37. The molecule has 0 bridgehead atoms. The molecule has 1 rings (SSSR count). The number of carbonyl (C=O) groups is 1. The number of benzene rings is 1. The molecule has 1 aromatic rings. The molecular formula is C12H16ClNO2. The Labute approximate surface area is 100 Å². The van der Waals surface area contributed by atoms with Gasteiger partial charge in [-0.15, -0.1) is 0 Å². The van der Waals surface area contributed by atoms with Gasteiger partial charge in [-0.2, -0.15) is 0 Å². The normalized spacial score (nSPS) is 13.5. The molecule has 3 nitrogen and oxygen atoms in total. The summed E-state index contributed by atoms with van der Waals surface area (Å²) in [6.07, 6.45) is 0. The van der Waals surface area contributed by atoms with E-state index in [-0.39, 0.29) is 12.5 Å². The van der Waals surface area contributed by atoms with Gasteiger partial charge < -0.3 is 10.8 Å². The van der Waals surface area contributed by atoms with E-state index in [0.29, 0.717) is 5.02 Å². The molecule has 0 aliphatic carbocycles. The highest BCUT2D eigenvalue weighted by molar-refractivity contribution is 6.31. The zero-order valence-corrected chi connectivity index (χ0v) is 10.2. The molecule has 0 saturated carbocycles. The highest BCUT2D eigenvalue weighted by atomic mass is 35.5. The summed E-state index contributed by atoms with van der Waals surface area (Å²) >= 11 is 6.06. The van der Waals surface area contributed by atoms with Crippen LogP contribution in [0.25, 0.3) is 0 Å². The second kappa shape index (κ2) is 4.85. The third kappa shape index (κ3) is 2.36. The first kappa shape index (κ1) is 13.0. The van der Waals surface area contributed by atoms with Crippen molar-refractivity contribution in [2.45, 2.75) is 19.8 Å². The summed E-state index contributed by atoms with van der Waals surface area (Å²) < 4.78 is 0. The smallest absolute Gasteiger partial charge is 0.309 e. The Bertz CT molecular complexity index is 390. The second-order valence-corrected chi connectivity index (χ2v) is 4.74. The first-order chi connectivity index (χ1) is 7.41. The summed E-state index contributed by atoms with van der Waals surface area (Å²) in [5.74, 6) is -1.17. The summed E-state index contributed by atoms with van der Waals surface area (Å²) in [5.41, 5.74) is 5.54. The minimum Gasteiger partial charge on any atom is -0.481 e. The maximum atomic E-state index is 11.2. The molecule has 0 amide bonds. The fourth-order valence-corrected chi connectivity index (χ4v) is 1.98. The van der Waals surface area contributed by atoms with Crippen LogP contribution in [-0.2, 0) is 4.79 Å². The molecule has 1 unspecified atom stereocenters. The number of carboxylic acids is 1. The summed E-state index contributed by atoms with van der Waals surface area (Å²) in [6, 6.07) is 7.22. The van der Waals surface area contributed by atoms with E-state index >= 15 is 0 Å². The van der Waals surface area contributed by atoms with Crippen LogP contribution in [0.5, 0.6) is 0 Å². The number of hydrogen-bond acceptors (Lipinski definition) is 2. The van der Waals surface area contributed by atoms with E-state index in [1.807, 2.05) is 18.2 Å². The van der Waals surface area contributed by atoms with Crippen LogP contribution in [0.4, 0.5) is 0 Å². The van der Waals surface area contributed by atoms with Gasteiger partial charge in [-0.05, 0) is 25.5 Å². The fourth-order valence-electron chi connectivity index (χ4n) is 1.72. The van der Waals surface area contributed by atoms with Crippen molar-refractivity contribution in [2.24, 2.45) is 11.1 Å². The Hall–Kier alpha value is -1.06. The number of aliphatic carboxylic acids is 1. The lowest BCUT2D eigenvalue weighted by atomic mass is 9.75. The van der Waals surface area contributed by atoms with Crippen molar-refractivity contribution in [3.8, 4) is 0 Å². The maximum absolute atomic E-state index is 11.2. The minimum absolute atomic E-state index is 0.253. The Balaban J connectivity index is 3.18. The van der Waals surface area contributed by atoms with Crippen molar-refractivity contribution in [2.75, 3.05) is 6.54 Å². The van der Waals surface area contributed by atoms with Crippen molar-refractivity contribution in [1.82, 2.24) is 0 Å². The van der Waals surface area contributed by atoms with Crippen LogP contribution in [0.2, 0.25) is 5.02 Å². The Morgan fingerprint density at radius 3 is 2.50 bits per heavy atom. The number of halogens is 1. The topological polar surface area (TPSA) is 63.3 Å². The largest absolute Gasteiger partial charge is 0.481 e. The van der Waals surface area contributed by atoms with Crippen LogP contribution in [0.1, 0.15) is 25.3 Å². The Morgan fingerprint density at radius 1 is 1.50 bits per heavy atom. The van der Waals surface area contributed by atoms with Crippen molar-refractivity contribution in [1.29, 1.82) is 0 Å². The first-order valence-corrected chi connectivity index (χ1v) is 5.47. The van der Waals surface area contributed by atoms with Gasteiger partial charge in [-0.1, -0.05) is 29.8 Å². The van der Waals surface area contributed by atoms with E-state index in [0.717, 1.165) is 5.56 Å². The molecule has 4 heteroatoms. The molecule has 0 saturated heterocycles. The van der Waals surface area contributed by atoms with Crippen molar-refractivity contribution >= 4 is 17.6 Å². The molecule has 3 N–H and O–H groups in total. The third-order valence-electron chi connectivity index (χ3n) is 2.94. The molecule has 0 heterocycles. The number of carboxylic acid groups (broad SMARTS) is 1. The quantitative estimate of drug-likeness (QED) is 0.851. The molecule has 88 valence electrons. The number of hydrogen-bond donors (Lipinski definition) is 2. The average molecular weight is 242 g/mol. The number of nitrogens with two attached hydrogens (primary N) is 1. The predicted molar refractivity (Wildman–Crippen MR) is 64.7 cm³/mol. The van der Waals surface area contributed by atoms with Crippen LogP contribution >= 0.6 is 11.6 Å². The SMILES string of the molecule is CC(C)(C(=O)O)C(CN)c1ccccc1Cl. The van der Waals surface area contributed by atoms with Gasteiger partial charge in [-0.25, -0.2) is 0 Å². The van der Waals surface area contributed by atoms with Crippen molar-refractivity contribution in [3.05, 3.63) is 34.9 Å². The summed E-state index contributed by atoms with van der Waals surface area (Å²) in [6.45, 7) is 3.58. The molecule has 0 aromatic heterocycles. The van der Waals surface area contributed by atoms with Crippen LogP contribution in [0.15, 0.2) is 24.3 Å². The molecule has 0 aliphatic heterocycles. The predicted octanol–water partition coefficient (Wildman–Crippen LogP) is 2.49. The van der Waals surface area contributed by atoms with Gasteiger partial charge in [0.2, 0.25) is 0 Å². The van der Waals surface area contributed by atoms with E-state index in [2.05, 4.69) is 0 Å². The molecule has 0 spiro atoms. The average Bonchev–Trinajstić information content (AvgIpc) is 2.21. The minimum atomic E-state index is -0.931. The van der Waals surface area contributed by atoms with E-state index in [9.17, 15) is 9.90 Å². The van der Waals surface area contributed by atoms with Crippen LogP contribution in [-0.4, -0.2) is 17.6 Å². The molecule has 16 heavy (non-hydrogen) atoms. The van der Waals surface area contributed by atoms with Gasteiger partial charge in [-0.3, -0.25) is 4.79 Å². The van der Waals surface area contributed by atoms with Crippen molar-refractivity contribution in [3.63, 3.8) is 0 Å². The summed E-state index contributed by atoms with van der Waals surface area (Å²) in [5, 5.41) is 9.76. The van der Waals surface area contributed by atoms with Crippen LogP contribution in [0, 0.1) is 5.41 Å². The zero-order chi connectivity index (χ0) is 12.3. The maximum Gasteiger partial charge on any atom is 0.309 e. The third-order valence-corrected chi connectivity index (χ3v) is 3.28. The Morgan fingerprint density at radius 2 is 2.06 bits per heavy atom. The Kier molecular flexibility index (Phi) is 3.94. The molecule has 0 aliphatic rings. The first-order valence-electron chi connectivity index (χ1n) is 5.09. The van der Waals surface area contributed by atoms with E-state index in [4.69, 9.17) is 17.3 Å². The summed E-state index contributed by atoms with van der Waals surface area (Å²) in [7, 11) is 0. The van der Waals surface area contributed by atoms with Gasteiger partial charge in [0.15, 0.2) is 0 Å². The van der Waals surface area contributed by atoms with Crippen LogP contribution < -0.4 is 5.73 Å². The van der Waals surface area contributed by atoms with Crippen molar-refractivity contribution < 1.29 is 9.90 Å². The van der Waals surface area contributed by atoms with Gasteiger partial charge >= 0.3 is 5.97 Å². The fraction of sp³-hybridized carbons (Fsp3) is 0.417. The lowest BCUT2D eigenvalue weighted by molar-refractivity contribution is -0.148. The molecular weight excluding hydrogens is 226 g/mol. The second-order valence-electron chi connectivity index (χ2n) is 4.34. The van der Waals surface area contributed by atoms with Gasteiger partial charge in [0.25, 0.3) is 0 Å². The van der Waals surface area contributed by atoms with E-state index in [1.165, 1.54) is 0 Å². The van der Waals surface area contributed by atoms with Gasteiger partial charge in [0, 0.05) is 17.5 Å². The van der Waals surface area contributed by atoms with E-state index in [1.54, 1.807) is 19.9 Å². The van der Waals surface area contributed by atoms with Crippen LogP contribution in [0.3, 0.4) is 0 Å².